The highest BCUT2D eigenvalue weighted by Gasteiger charge is 2.29. The first-order chi connectivity index (χ1) is 10.3. The maximum atomic E-state index is 14.0. The minimum Gasteiger partial charge on any atom is -0.449 e. The summed E-state index contributed by atoms with van der Waals surface area (Å²) in [5.41, 5.74) is 0.512. The van der Waals surface area contributed by atoms with E-state index in [-0.39, 0.29) is 18.8 Å². The zero-order valence-corrected chi connectivity index (χ0v) is 13.1. The molecule has 0 fully saturated rings. The molecule has 0 spiro atoms. The second-order valence-electron chi connectivity index (χ2n) is 6.38. The van der Waals surface area contributed by atoms with Crippen LogP contribution in [0.5, 0.6) is 0 Å². The smallest absolute Gasteiger partial charge is 0.407 e. The van der Waals surface area contributed by atoms with Gasteiger partial charge in [0.1, 0.15) is 11.9 Å². The normalized spacial score (nSPS) is 21.1. The average molecular weight is 311 g/mol. The largest absolute Gasteiger partial charge is 0.449 e. The Morgan fingerprint density at radius 3 is 2.91 bits per heavy atom. The van der Waals surface area contributed by atoms with E-state index in [1.165, 1.54) is 6.07 Å². The summed E-state index contributed by atoms with van der Waals surface area (Å²) in [6, 6.07) is 4.58. The highest BCUT2D eigenvalue weighted by Crippen LogP contribution is 2.36. The number of aliphatic hydroxyl groups excluding tert-OH is 1. The third-order valence-electron chi connectivity index (χ3n) is 3.31. The Kier molecular flexibility index (Phi) is 5.03. The van der Waals surface area contributed by atoms with Gasteiger partial charge in [0.25, 0.3) is 0 Å². The molecule has 0 saturated heterocycles. The Morgan fingerprint density at radius 2 is 2.23 bits per heavy atom. The zero-order chi connectivity index (χ0) is 16.3. The maximum absolute atomic E-state index is 14.0. The predicted octanol–water partition coefficient (Wildman–Crippen LogP) is 2.85. The summed E-state index contributed by atoms with van der Waals surface area (Å²) in [4.78, 5) is 11.6. The third kappa shape index (κ3) is 4.18. The number of hydrogen-bond acceptors (Lipinski definition) is 4. The molecule has 0 bridgehead atoms. The van der Waals surface area contributed by atoms with Gasteiger partial charge in [-0.1, -0.05) is 12.1 Å². The number of rotatable bonds is 3. The Balaban J connectivity index is 1.95. The van der Waals surface area contributed by atoms with Gasteiger partial charge in [-0.15, -0.1) is 0 Å². The van der Waals surface area contributed by atoms with Gasteiger partial charge < -0.3 is 19.9 Å². The summed E-state index contributed by atoms with van der Waals surface area (Å²) >= 11 is 0. The first kappa shape index (κ1) is 16.7. The van der Waals surface area contributed by atoms with Crippen LogP contribution in [0.3, 0.4) is 0 Å². The minimum atomic E-state index is -0.827. The van der Waals surface area contributed by atoms with Crippen molar-refractivity contribution < 1.29 is 23.8 Å². The molecule has 1 amide bonds. The second kappa shape index (κ2) is 6.62. The van der Waals surface area contributed by atoms with Gasteiger partial charge in [-0.05, 0) is 32.4 Å². The Morgan fingerprint density at radius 1 is 1.50 bits per heavy atom. The number of ether oxygens (including phenoxy) is 2. The van der Waals surface area contributed by atoms with E-state index in [1.807, 2.05) is 20.8 Å². The standard InChI is InChI=1S/C16H22FNO4/c1-16(2,3)18-15(20)21-8-7-13-14-10(12(19)9-22-13)5-4-6-11(14)17/h4-6,12-13,19H,7-9H2,1-3H3,(H,18,20). The van der Waals surface area contributed by atoms with Gasteiger partial charge in [0.2, 0.25) is 0 Å². The number of hydrogen-bond donors (Lipinski definition) is 2. The lowest BCUT2D eigenvalue weighted by Crippen LogP contribution is -2.41. The molecule has 22 heavy (non-hydrogen) atoms. The van der Waals surface area contributed by atoms with Gasteiger partial charge >= 0.3 is 6.09 Å². The van der Waals surface area contributed by atoms with E-state index in [4.69, 9.17) is 9.47 Å². The van der Waals surface area contributed by atoms with E-state index < -0.39 is 24.1 Å². The average Bonchev–Trinajstić information content (AvgIpc) is 2.40. The van der Waals surface area contributed by atoms with Crippen molar-refractivity contribution in [3.8, 4) is 0 Å². The maximum Gasteiger partial charge on any atom is 0.407 e. The van der Waals surface area contributed by atoms with Gasteiger partial charge in [-0.25, -0.2) is 9.18 Å². The van der Waals surface area contributed by atoms with Gasteiger partial charge in [-0.2, -0.15) is 0 Å². The molecule has 2 N–H and O–H groups in total. The number of alkyl carbamates (subject to hydrolysis) is 1. The van der Waals surface area contributed by atoms with Crippen LogP contribution in [0.25, 0.3) is 0 Å². The van der Waals surface area contributed by atoms with E-state index in [9.17, 15) is 14.3 Å². The van der Waals surface area contributed by atoms with Crippen molar-refractivity contribution in [1.29, 1.82) is 0 Å². The summed E-state index contributed by atoms with van der Waals surface area (Å²) in [5.74, 6) is -0.416. The van der Waals surface area contributed by atoms with Crippen molar-refractivity contribution in [2.24, 2.45) is 0 Å². The fourth-order valence-electron chi connectivity index (χ4n) is 2.39. The van der Waals surface area contributed by atoms with Crippen molar-refractivity contribution >= 4 is 6.09 Å². The summed E-state index contributed by atoms with van der Waals surface area (Å²) in [6.07, 6.45) is -1.54. The lowest BCUT2D eigenvalue weighted by atomic mass is 9.94. The molecule has 1 aromatic rings. The number of aliphatic hydroxyl groups is 1. The van der Waals surface area contributed by atoms with E-state index in [2.05, 4.69) is 5.32 Å². The SMILES string of the molecule is CC(C)(C)NC(=O)OCCC1OCC(O)c2cccc(F)c21. The number of halogens is 1. The van der Waals surface area contributed by atoms with Crippen molar-refractivity contribution in [3.05, 3.63) is 35.1 Å². The molecule has 1 aromatic carbocycles. The van der Waals surface area contributed by atoms with Gasteiger partial charge in [-0.3, -0.25) is 0 Å². The molecule has 6 heteroatoms. The second-order valence-corrected chi connectivity index (χ2v) is 6.38. The highest BCUT2D eigenvalue weighted by atomic mass is 19.1. The summed E-state index contributed by atoms with van der Waals surface area (Å²) in [5, 5.41) is 12.5. The molecule has 2 unspecified atom stereocenters. The number of carbonyl (C=O) groups is 1. The molecule has 1 aliphatic rings. The van der Waals surface area contributed by atoms with E-state index in [0.717, 1.165) is 0 Å². The lowest BCUT2D eigenvalue weighted by Gasteiger charge is -2.29. The lowest BCUT2D eigenvalue weighted by molar-refractivity contribution is -0.0416. The zero-order valence-electron chi connectivity index (χ0n) is 13.1. The molecule has 122 valence electrons. The Bertz CT molecular complexity index is 541. The van der Waals surface area contributed by atoms with Crippen LogP contribution in [-0.4, -0.2) is 30.0 Å². The molecule has 0 aliphatic carbocycles. The molecule has 2 rings (SSSR count). The van der Waals surface area contributed by atoms with Crippen molar-refractivity contribution in [1.82, 2.24) is 5.32 Å². The van der Waals surface area contributed by atoms with Crippen LogP contribution < -0.4 is 5.32 Å². The van der Waals surface area contributed by atoms with Gasteiger partial charge in [0.05, 0.1) is 19.3 Å². The van der Waals surface area contributed by atoms with Crippen LogP contribution >= 0.6 is 0 Å². The number of benzene rings is 1. The first-order valence-corrected chi connectivity index (χ1v) is 7.31. The van der Waals surface area contributed by atoms with Gasteiger partial charge in [0.15, 0.2) is 0 Å². The fourth-order valence-corrected chi connectivity index (χ4v) is 2.39. The number of nitrogens with one attached hydrogen (secondary N) is 1. The molecule has 0 aromatic heterocycles. The topological polar surface area (TPSA) is 67.8 Å². The van der Waals surface area contributed by atoms with Crippen LogP contribution in [0.1, 0.15) is 50.5 Å². The van der Waals surface area contributed by atoms with Crippen LogP contribution in [-0.2, 0) is 9.47 Å². The van der Waals surface area contributed by atoms with Crippen molar-refractivity contribution in [2.75, 3.05) is 13.2 Å². The first-order valence-electron chi connectivity index (χ1n) is 7.31. The van der Waals surface area contributed by atoms with E-state index in [0.29, 0.717) is 17.5 Å². The fraction of sp³-hybridized carbons (Fsp3) is 0.562. The van der Waals surface area contributed by atoms with E-state index >= 15 is 0 Å². The predicted molar refractivity (Wildman–Crippen MR) is 78.9 cm³/mol. The summed E-state index contributed by atoms with van der Waals surface area (Å²) in [7, 11) is 0. The van der Waals surface area contributed by atoms with Crippen LogP contribution in [0, 0.1) is 5.82 Å². The molecule has 2 atom stereocenters. The van der Waals surface area contributed by atoms with Crippen molar-refractivity contribution in [2.45, 2.75) is 44.9 Å². The quantitative estimate of drug-likeness (QED) is 0.901. The van der Waals surface area contributed by atoms with E-state index in [1.54, 1.807) is 12.1 Å². The Hall–Kier alpha value is -1.66. The third-order valence-corrected chi connectivity index (χ3v) is 3.31. The molecule has 0 saturated carbocycles. The molecule has 1 heterocycles. The van der Waals surface area contributed by atoms with Crippen LogP contribution in [0.15, 0.2) is 18.2 Å². The number of carbonyl (C=O) groups excluding carboxylic acids is 1. The number of fused-ring (bicyclic) bond motifs is 1. The highest BCUT2D eigenvalue weighted by molar-refractivity contribution is 5.68. The molecule has 0 radical (unpaired) electrons. The molecule has 5 nitrogen and oxygen atoms in total. The van der Waals surface area contributed by atoms with Crippen LogP contribution in [0.4, 0.5) is 9.18 Å². The monoisotopic (exact) mass is 311 g/mol. The van der Waals surface area contributed by atoms with Crippen LogP contribution in [0.2, 0.25) is 0 Å². The Labute approximate surface area is 129 Å². The molecular formula is C16H22FNO4. The number of amides is 1. The van der Waals surface area contributed by atoms with Gasteiger partial charge in [0, 0.05) is 17.5 Å². The van der Waals surface area contributed by atoms with Crippen molar-refractivity contribution in [3.63, 3.8) is 0 Å². The summed E-state index contributed by atoms with van der Waals surface area (Å²) in [6.45, 7) is 5.77. The summed E-state index contributed by atoms with van der Waals surface area (Å²) < 4.78 is 24.6. The minimum absolute atomic E-state index is 0.106. The molecular weight excluding hydrogens is 289 g/mol. The molecule has 1 aliphatic heterocycles.